The predicted molar refractivity (Wildman–Crippen MR) is 246 cm³/mol. The van der Waals surface area contributed by atoms with Crippen LogP contribution < -0.4 is 25.3 Å². The number of urea groups is 1. The van der Waals surface area contributed by atoms with Crippen molar-refractivity contribution >= 4 is 46.1 Å². The van der Waals surface area contributed by atoms with Crippen LogP contribution in [0.15, 0.2) is 65.6 Å². The van der Waals surface area contributed by atoms with Crippen molar-refractivity contribution in [2.75, 3.05) is 67.1 Å². The van der Waals surface area contributed by atoms with Crippen molar-refractivity contribution in [1.29, 1.82) is 0 Å². The molecule has 0 radical (unpaired) electrons. The third-order valence-electron chi connectivity index (χ3n) is 13.0. The molecule has 0 bridgehead atoms. The highest BCUT2D eigenvalue weighted by atomic mass is 19.1. The van der Waals surface area contributed by atoms with E-state index < -0.39 is 23.2 Å². The van der Waals surface area contributed by atoms with Crippen LogP contribution in [0.25, 0.3) is 33.5 Å². The van der Waals surface area contributed by atoms with Gasteiger partial charge in [0.15, 0.2) is 0 Å². The van der Waals surface area contributed by atoms with Crippen LogP contribution in [-0.2, 0) is 10.2 Å². The summed E-state index contributed by atoms with van der Waals surface area (Å²) in [5.74, 6) is 0.695. The van der Waals surface area contributed by atoms with Gasteiger partial charge < -0.3 is 24.6 Å². The number of aryl methyl sites for hydroxylation is 1. The summed E-state index contributed by atoms with van der Waals surface area (Å²) in [5, 5.41) is 9.80. The van der Waals surface area contributed by atoms with E-state index in [0.29, 0.717) is 58.2 Å². The predicted octanol–water partition coefficient (Wildman–Crippen LogP) is 7.10. The molecule has 338 valence electrons. The second-order valence-electron chi connectivity index (χ2n) is 18.5. The Kier molecular flexibility index (Phi) is 11.8. The fraction of sp³-hybridized carbons (Fsp3) is 0.417. The molecule has 17 heteroatoms. The van der Waals surface area contributed by atoms with Crippen molar-refractivity contribution in [2.45, 2.75) is 72.3 Å². The molecule has 2 aromatic carbocycles. The number of fused-ring (bicyclic) bond motifs is 1. The number of piperidine rings is 1. The van der Waals surface area contributed by atoms with E-state index in [0.717, 1.165) is 87.0 Å². The molecule has 3 aliphatic heterocycles. The lowest BCUT2D eigenvalue weighted by Crippen LogP contribution is -2.49. The molecule has 9 rings (SSSR count). The van der Waals surface area contributed by atoms with Crippen LogP contribution in [0.2, 0.25) is 0 Å². The zero-order valence-corrected chi connectivity index (χ0v) is 37.7. The number of carbonyl (C=O) groups is 3. The standard InChI is InChI=1S/C48H55FN12O4/c1-28-23-33(8-11-38(28)61-18-15-40(62)55-47(61)64)59-16-13-31(14-17-59)26-58-19-21-60(22-20-58)39-12-7-32(25-50-39)37-24-36-42(51-27-52-43(36)54-37)35-10-9-34(29(2)41(35)49)30(3)53-45(63)44-56-46(65-57-44)48(4,5)6/h7-12,23-25,27,30-31H,13-22,26H2,1-6H3,(H,53,63)(H,51,52,54)(H,55,62,64). The van der Waals surface area contributed by atoms with Crippen LogP contribution >= 0.6 is 0 Å². The van der Waals surface area contributed by atoms with Crippen LogP contribution in [-0.4, -0.2) is 105 Å². The summed E-state index contributed by atoms with van der Waals surface area (Å²) in [6.07, 6.45) is 5.86. The van der Waals surface area contributed by atoms with Gasteiger partial charge in [0.05, 0.1) is 11.7 Å². The Bertz CT molecular complexity index is 2750. The molecule has 6 aromatic rings. The molecule has 4 aromatic heterocycles. The number of halogens is 1. The van der Waals surface area contributed by atoms with Gasteiger partial charge in [0.25, 0.3) is 11.7 Å². The summed E-state index contributed by atoms with van der Waals surface area (Å²) in [6.45, 7) is 18.5. The molecule has 7 heterocycles. The number of rotatable bonds is 10. The topological polar surface area (TPSA) is 182 Å². The lowest BCUT2D eigenvalue weighted by atomic mass is 9.95. The number of amides is 4. The van der Waals surface area contributed by atoms with Crippen LogP contribution in [0.1, 0.15) is 86.2 Å². The summed E-state index contributed by atoms with van der Waals surface area (Å²) in [4.78, 5) is 67.4. The van der Waals surface area contributed by atoms with Gasteiger partial charge in [-0.2, -0.15) is 4.98 Å². The number of nitrogens with one attached hydrogen (secondary N) is 3. The number of piperazine rings is 1. The van der Waals surface area contributed by atoms with Crippen LogP contribution in [0.3, 0.4) is 0 Å². The lowest BCUT2D eigenvalue weighted by molar-refractivity contribution is -0.120. The van der Waals surface area contributed by atoms with Crippen molar-refractivity contribution in [2.24, 2.45) is 5.92 Å². The molecule has 1 atom stereocenters. The first-order chi connectivity index (χ1) is 31.2. The molecule has 4 amide bonds. The van der Waals surface area contributed by atoms with Crippen molar-refractivity contribution < 1.29 is 23.3 Å². The number of nitrogens with zero attached hydrogens (tertiary/aromatic N) is 9. The first-order valence-corrected chi connectivity index (χ1v) is 22.4. The summed E-state index contributed by atoms with van der Waals surface area (Å²) < 4.78 is 21.5. The van der Waals surface area contributed by atoms with Gasteiger partial charge in [0, 0.05) is 104 Å². The molecule has 0 spiro atoms. The highest BCUT2D eigenvalue weighted by molar-refractivity contribution is 6.06. The van der Waals surface area contributed by atoms with E-state index in [1.54, 1.807) is 30.9 Å². The van der Waals surface area contributed by atoms with E-state index in [9.17, 15) is 14.4 Å². The van der Waals surface area contributed by atoms with Gasteiger partial charge >= 0.3 is 6.03 Å². The number of anilines is 3. The van der Waals surface area contributed by atoms with Crippen LogP contribution in [0.5, 0.6) is 0 Å². The Labute approximate surface area is 377 Å². The zero-order chi connectivity index (χ0) is 45.6. The summed E-state index contributed by atoms with van der Waals surface area (Å²) in [5.41, 5.74) is 6.72. The quantitative estimate of drug-likeness (QED) is 0.127. The highest BCUT2D eigenvalue weighted by Crippen LogP contribution is 2.35. The summed E-state index contributed by atoms with van der Waals surface area (Å²) in [6, 6.07) is 14.9. The van der Waals surface area contributed by atoms with Gasteiger partial charge in [0.1, 0.15) is 23.6 Å². The van der Waals surface area contributed by atoms with E-state index >= 15 is 4.39 Å². The number of hydrogen-bond donors (Lipinski definition) is 3. The maximum absolute atomic E-state index is 16.2. The molecule has 3 saturated heterocycles. The van der Waals surface area contributed by atoms with Crippen LogP contribution in [0.4, 0.5) is 26.4 Å². The molecule has 0 saturated carbocycles. The number of aromatic nitrogens is 6. The number of H-pyrrole nitrogens is 1. The first-order valence-electron chi connectivity index (χ1n) is 22.4. The van der Waals surface area contributed by atoms with Crippen LogP contribution in [0, 0.1) is 25.6 Å². The van der Waals surface area contributed by atoms with Gasteiger partial charge in [0.2, 0.25) is 11.8 Å². The Balaban J connectivity index is 0.783. The van der Waals surface area contributed by atoms with Gasteiger partial charge in [-0.3, -0.25) is 24.7 Å². The van der Waals surface area contributed by atoms with E-state index in [1.807, 2.05) is 46.0 Å². The molecule has 1 unspecified atom stereocenters. The van der Waals surface area contributed by atoms with Gasteiger partial charge in [-0.1, -0.05) is 32.0 Å². The highest BCUT2D eigenvalue weighted by Gasteiger charge is 2.29. The Morgan fingerprint density at radius 2 is 1.72 bits per heavy atom. The van der Waals surface area contributed by atoms with Gasteiger partial charge in [-0.05, 0) is 98.7 Å². The fourth-order valence-corrected chi connectivity index (χ4v) is 9.19. The second-order valence-corrected chi connectivity index (χ2v) is 18.5. The monoisotopic (exact) mass is 882 g/mol. The number of pyridine rings is 1. The molecule has 65 heavy (non-hydrogen) atoms. The lowest BCUT2D eigenvalue weighted by Gasteiger charge is -2.40. The maximum Gasteiger partial charge on any atom is 0.328 e. The Morgan fingerprint density at radius 3 is 2.42 bits per heavy atom. The third kappa shape index (κ3) is 9.01. The maximum atomic E-state index is 16.2. The average Bonchev–Trinajstić information content (AvgIpc) is 3.98. The normalized spacial score (nSPS) is 17.2. The fourth-order valence-electron chi connectivity index (χ4n) is 9.19. The van der Waals surface area contributed by atoms with Gasteiger partial charge in [-0.15, -0.1) is 0 Å². The third-order valence-corrected chi connectivity index (χ3v) is 13.0. The van der Waals surface area contributed by atoms with Gasteiger partial charge in [-0.25, -0.2) is 24.1 Å². The Hall–Kier alpha value is -6.75. The first kappa shape index (κ1) is 43.5. The van der Waals surface area contributed by atoms with Crippen molar-refractivity contribution in [3.05, 3.63) is 95.3 Å². The molecule has 3 N–H and O–H groups in total. The Morgan fingerprint density at radius 1 is 0.938 bits per heavy atom. The molecular weight excluding hydrogens is 828 g/mol. The minimum atomic E-state index is -0.530. The molecule has 0 aliphatic carbocycles. The molecular formula is C48H55FN12O4. The minimum absolute atomic E-state index is 0.0726. The average molecular weight is 883 g/mol. The number of hydrogen-bond acceptors (Lipinski definition) is 12. The largest absolute Gasteiger partial charge is 0.372 e. The van der Waals surface area contributed by atoms with Crippen molar-refractivity contribution in [3.8, 4) is 22.5 Å². The smallest absolute Gasteiger partial charge is 0.328 e. The summed E-state index contributed by atoms with van der Waals surface area (Å²) >= 11 is 0. The number of aromatic amines is 1. The van der Waals surface area contributed by atoms with Crippen molar-refractivity contribution in [1.82, 2.24) is 45.6 Å². The van der Waals surface area contributed by atoms with E-state index in [4.69, 9.17) is 9.51 Å². The molecule has 3 fully saturated rings. The van der Waals surface area contributed by atoms with E-state index in [2.05, 4.69) is 74.7 Å². The number of benzene rings is 2. The number of imide groups is 1. The minimum Gasteiger partial charge on any atom is -0.372 e. The molecule has 3 aliphatic rings. The van der Waals surface area contributed by atoms with E-state index in [-0.39, 0.29) is 17.8 Å². The molecule has 16 nitrogen and oxygen atoms in total. The van der Waals surface area contributed by atoms with Crippen molar-refractivity contribution in [3.63, 3.8) is 0 Å². The SMILES string of the molecule is Cc1cc(N2CCC(CN3CCN(c4ccc(-c5cc6c(-c7ccc(C(C)NC(=O)c8noc(C(C)(C)C)n8)c(C)c7F)ncnc6[nH]5)cn4)CC3)CC2)ccc1N1CCC(=O)NC1=O. The zero-order valence-electron chi connectivity index (χ0n) is 37.7. The number of carbonyl (C=O) groups excluding carboxylic acids is 3. The summed E-state index contributed by atoms with van der Waals surface area (Å²) in [7, 11) is 0. The second kappa shape index (κ2) is 17.7. The van der Waals surface area contributed by atoms with E-state index in [1.165, 1.54) is 12.0 Å².